The molecule has 4 rings (SSSR count). The number of anilines is 1. The highest BCUT2D eigenvalue weighted by molar-refractivity contribution is 5.89. The molecule has 1 atom stereocenters. The highest BCUT2D eigenvalue weighted by atomic mass is 16.3. The van der Waals surface area contributed by atoms with Crippen LogP contribution in [0.15, 0.2) is 51.9 Å². The summed E-state index contributed by atoms with van der Waals surface area (Å²) < 4.78 is 6.72. The van der Waals surface area contributed by atoms with Gasteiger partial charge in [0.05, 0.1) is 29.6 Å². The van der Waals surface area contributed by atoms with Gasteiger partial charge in [0.25, 0.3) is 5.56 Å². The van der Waals surface area contributed by atoms with Crippen LogP contribution in [-0.4, -0.2) is 32.8 Å². The van der Waals surface area contributed by atoms with Crippen molar-refractivity contribution in [3.8, 4) is 0 Å². The van der Waals surface area contributed by atoms with E-state index in [-0.39, 0.29) is 29.7 Å². The fraction of sp³-hybridized carbons (Fsp3) is 0.300. The van der Waals surface area contributed by atoms with Crippen molar-refractivity contribution in [2.24, 2.45) is 5.92 Å². The summed E-state index contributed by atoms with van der Waals surface area (Å²) in [5, 5.41) is 0.515. The lowest BCUT2D eigenvalue weighted by molar-refractivity contribution is -0.129. The lowest BCUT2D eigenvalue weighted by Gasteiger charge is -2.17. The maximum atomic E-state index is 12.6. The Morgan fingerprint density at radius 2 is 2.07 bits per heavy atom. The number of nitrogens with zero attached hydrogens (tertiary/aromatic N) is 3. The third-order valence-electron chi connectivity index (χ3n) is 4.99. The second-order valence-corrected chi connectivity index (χ2v) is 6.87. The van der Waals surface area contributed by atoms with Crippen molar-refractivity contribution >= 4 is 28.7 Å². The number of para-hydroxylation sites is 1. The zero-order chi connectivity index (χ0) is 20.4. The van der Waals surface area contributed by atoms with Crippen molar-refractivity contribution < 1.29 is 14.0 Å². The number of rotatable bonds is 6. The van der Waals surface area contributed by atoms with E-state index < -0.39 is 5.92 Å². The van der Waals surface area contributed by atoms with Crippen LogP contribution in [0.5, 0.6) is 0 Å². The van der Waals surface area contributed by atoms with E-state index in [1.54, 1.807) is 47.6 Å². The van der Waals surface area contributed by atoms with Gasteiger partial charge in [0, 0.05) is 19.5 Å². The first kappa shape index (κ1) is 18.7. The Morgan fingerprint density at radius 3 is 2.83 bits per heavy atom. The van der Waals surface area contributed by atoms with Crippen LogP contribution < -0.4 is 16.4 Å². The molecule has 3 heterocycles. The number of furan rings is 1. The molecule has 1 aliphatic rings. The minimum Gasteiger partial charge on any atom is -0.467 e. The summed E-state index contributed by atoms with van der Waals surface area (Å²) in [6, 6.07) is 10.6. The number of likely N-dealkylation sites (tertiary alicyclic amines) is 1. The zero-order valence-electron chi connectivity index (χ0n) is 15.9. The van der Waals surface area contributed by atoms with E-state index in [2.05, 4.69) is 15.8 Å². The van der Waals surface area contributed by atoms with Gasteiger partial charge in [-0.05, 0) is 31.2 Å². The molecule has 29 heavy (non-hydrogen) atoms. The van der Waals surface area contributed by atoms with Gasteiger partial charge in [-0.1, -0.05) is 12.1 Å². The number of fused-ring (bicyclic) bond motifs is 1. The van der Waals surface area contributed by atoms with Crippen molar-refractivity contribution in [2.45, 2.75) is 26.4 Å². The Labute approximate surface area is 166 Å². The molecule has 2 aromatic heterocycles. The summed E-state index contributed by atoms with van der Waals surface area (Å²) in [6.45, 7) is 2.87. The van der Waals surface area contributed by atoms with Crippen LogP contribution in [0.1, 0.15) is 19.1 Å². The molecule has 9 nitrogen and oxygen atoms in total. The van der Waals surface area contributed by atoms with E-state index in [4.69, 9.17) is 4.42 Å². The molecule has 1 saturated heterocycles. The monoisotopic (exact) mass is 395 g/mol. The molecule has 0 spiro atoms. The Balaban J connectivity index is 1.45. The molecule has 1 aliphatic heterocycles. The SMILES string of the molecule is CCn1c(NNC(=O)C2CC(=O)N(Cc3ccco3)C2)nc2ccccc2c1=O. The van der Waals surface area contributed by atoms with Crippen molar-refractivity contribution in [1.29, 1.82) is 0 Å². The quantitative estimate of drug-likeness (QED) is 0.612. The number of hydrogen-bond donors (Lipinski definition) is 2. The number of aromatic nitrogens is 2. The van der Waals surface area contributed by atoms with Gasteiger partial charge >= 0.3 is 0 Å². The fourth-order valence-corrected chi connectivity index (χ4v) is 3.47. The van der Waals surface area contributed by atoms with Gasteiger partial charge in [-0.3, -0.25) is 29.8 Å². The smallest absolute Gasteiger partial charge is 0.262 e. The van der Waals surface area contributed by atoms with E-state index >= 15 is 0 Å². The first-order valence-electron chi connectivity index (χ1n) is 9.42. The number of nitrogens with one attached hydrogen (secondary N) is 2. The Morgan fingerprint density at radius 1 is 1.24 bits per heavy atom. The van der Waals surface area contributed by atoms with Crippen molar-refractivity contribution in [3.05, 3.63) is 58.8 Å². The lowest BCUT2D eigenvalue weighted by Crippen LogP contribution is -2.38. The minimum atomic E-state index is -0.493. The summed E-state index contributed by atoms with van der Waals surface area (Å²) in [5.41, 5.74) is 5.70. The molecule has 1 unspecified atom stereocenters. The summed E-state index contributed by atoms with van der Waals surface area (Å²) in [7, 11) is 0. The highest BCUT2D eigenvalue weighted by Gasteiger charge is 2.34. The average molecular weight is 395 g/mol. The van der Waals surface area contributed by atoms with Crippen LogP contribution in [0.3, 0.4) is 0 Å². The van der Waals surface area contributed by atoms with Crippen LogP contribution in [0.2, 0.25) is 0 Å². The molecule has 9 heteroatoms. The number of carbonyl (C=O) groups excluding carboxylic acids is 2. The molecule has 2 N–H and O–H groups in total. The second-order valence-electron chi connectivity index (χ2n) is 6.87. The molecule has 150 valence electrons. The van der Waals surface area contributed by atoms with Gasteiger partial charge in [0.15, 0.2) is 0 Å². The van der Waals surface area contributed by atoms with Crippen LogP contribution in [0.4, 0.5) is 5.95 Å². The fourth-order valence-electron chi connectivity index (χ4n) is 3.47. The van der Waals surface area contributed by atoms with Gasteiger partial charge in [-0.2, -0.15) is 0 Å². The molecule has 2 amide bonds. The van der Waals surface area contributed by atoms with Gasteiger partial charge in [-0.25, -0.2) is 4.98 Å². The summed E-state index contributed by atoms with van der Waals surface area (Å²) in [6.07, 6.45) is 1.67. The summed E-state index contributed by atoms with van der Waals surface area (Å²) >= 11 is 0. The summed E-state index contributed by atoms with van der Waals surface area (Å²) in [4.78, 5) is 43.4. The van der Waals surface area contributed by atoms with E-state index in [9.17, 15) is 14.4 Å². The standard InChI is InChI=1S/C20H21N5O4/c1-2-25-19(28)15-7-3-4-8-16(15)21-20(25)23-22-18(27)13-10-17(26)24(11-13)12-14-6-5-9-29-14/h3-9,13H,2,10-12H2,1H3,(H,21,23)(H,22,27). The number of hydrogen-bond acceptors (Lipinski definition) is 6. The normalized spacial score (nSPS) is 16.4. The predicted octanol–water partition coefficient (Wildman–Crippen LogP) is 1.50. The van der Waals surface area contributed by atoms with Gasteiger partial charge in [0.2, 0.25) is 17.8 Å². The van der Waals surface area contributed by atoms with E-state index in [1.807, 2.05) is 6.92 Å². The first-order chi connectivity index (χ1) is 14.1. The molecular formula is C20H21N5O4. The van der Waals surface area contributed by atoms with E-state index in [0.717, 1.165) is 0 Å². The Hall–Kier alpha value is -3.62. The molecular weight excluding hydrogens is 374 g/mol. The largest absolute Gasteiger partial charge is 0.467 e. The van der Waals surface area contributed by atoms with Crippen LogP contribution in [0, 0.1) is 5.92 Å². The number of amides is 2. The second kappa shape index (κ2) is 7.78. The molecule has 3 aromatic rings. The van der Waals surface area contributed by atoms with Crippen LogP contribution >= 0.6 is 0 Å². The molecule has 0 saturated carbocycles. The maximum absolute atomic E-state index is 12.6. The molecule has 1 fully saturated rings. The van der Waals surface area contributed by atoms with Crippen molar-refractivity contribution in [1.82, 2.24) is 19.9 Å². The molecule has 0 bridgehead atoms. The Bertz CT molecular complexity index is 1110. The first-order valence-corrected chi connectivity index (χ1v) is 9.42. The minimum absolute atomic E-state index is 0.101. The highest BCUT2D eigenvalue weighted by Crippen LogP contribution is 2.20. The van der Waals surface area contributed by atoms with Crippen LogP contribution in [0.25, 0.3) is 10.9 Å². The maximum Gasteiger partial charge on any atom is 0.262 e. The van der Waals surface area contributed by atoms with Gasteiger partial charge < -0.3 is 9.32 Å². The topological polar surface area (TPSA) is 109 Å². The number of carbonyl (C=O) groups is 2. The van der Waals surface area contributed by atoms with E-state index in [1.165, 1.54) is 4.57 Å². The zero-order valence-corrected chi connectivity index (χ0v) is 15.9. The molecule has 0 radical (unpaired) electrons. The predicted molar refractivity (Wildman–Crippen MR) is 106 cm³/mol. The third-order valence-corrected chi connectivity index (χ3v) is 4.99. The number of hydrazine groups is 1. The lowest BCUT2D eigenvalue weighted by atomic mass is 10.1. The van der Waals surface area contributed by atoms with Gasteiger partial charge in [0.1, 0.15) is 5.76 Å². The molecule has 1 aromatic carbocycles. The van der Waals surface area contributed by atoms with Gasteiger partial charge in [-0.15, -0.1) is 0 Å². The number of benzene rings is 1. The molecule has 0 aliphatic carbocycles. The van der Waals surface area contributed by atoms with Crippen molar-refractivity contribution in [3.63, 3.8) is 0 Å². The average Bonchev–Trinajstić information content (AvgIpc) is 3.37. The Kier molecular flexibility index (Phi) is 5.03. The van der Waals surface area contributed by atoms with E-state index in [0.29, 0.717) is 36.3 Å². The summed E-state index contributed by atoms with van der Waals surface area (Å²) in [5.74, 6) is -0.000376. The van der Waals surface area contributed by atoms with Crippen LogP contribution in [-0.2, 0) is 22.7 Å². The van der Waals surface area contributed by atoms with Crippen molar-refractivity contribution in [2.75, 3.05) is 12.0 Å². The third kappa shape index (κ3) is 3.71.